The Labute approximate surface area is 79.4 Å². The molecule has 0 aromatic carbocycles. The van der Waals surface area contributed by atoms with Crippen molar-refractivity contribution in [3.8, 4) is 0 Å². The second kappa shape index (κ2) is 4.08. The highest BCUT2D eigenvalue weighted by atomic mass is 14.8. The van der Waals surface area contributed by atoms with E-state index >= 15 is 0 Å². The predicted molar refractivity (Wildman–Crippen MR) is 58.8 cm³/mol. The van der Waals surface area contributed by atoms with Gasteiger partial charge < -0.3 is 4.98 Å². The van der Waals surface area contributed by atoms with Gasteiger partial charge in [-0.3, -0.25) is 4.99 Å². The van der Waals surface area contributed by atoms with Crippen LogP contribution in [0.15, 0.2) is 17.6 Å². The van der Waals surface area contributed by atoms with Crippen molar-refractivity contribution in [3.63, 3.8) is 0 Å². The van der Waals surface area contributed by atoms with Crippen molar-refractivity contribution < 1.29 is 0 Å². The van der Waals surface area contributed by atoms with Crippen molar-refractivity contribution in [1.82, 2.24) is 4.98 Å². The number of H-pyrrole nitrogens is 1. The molecule has 0 atom stereocenters. The zero-order valence-corrected chi connectivity index (χ0v) is 8.46. The van der Waals surface area contributed by atoms with E-state index in [9.17, 15) is 0 Å². The fourth-order valence-corrected chi connectivity index (χ4v) is 1.19. The SMILES string of the molecule is C=Cc1[nH]c(C(C)C)cc1N=CC. The van der Waals surface area contributed by atoms with Gasteiger partial charge in [-0.2, -0.15) is 0 Å². The van der Waals surface area contributed by atoms with E-state index in [0.29, 0.717) is 5.92 Å². The Balaban J connectivity index is 3.11. The molecule has 1 aromatic rings. The van der Waals surface area contributed by atoms with Gasteiger partial charge in [0, 0.05) is 11.9 Å². The summed E-state index contributed by atoms with van der Waals surface area (Å²) >= 11 is 0. The summed E-state index contributed by atoms with van der Waals surface area (Å²) in [6.45, 7) is 9.95. The van der Waals surface area contributed by atoms with E-state index in [4.69, 9.17) is 0 Å². The zero-order chi connectivity index (χ0) is 9.84. The summed E-state index contributed by atoms with van der Waals surface area (Å²) in [5, 5.41) is 0. The molecule has 1 heterocycles. The lowest BCUT2D eigenvalue weighted by atomic mass is 10.1. The number of nitrogens with one attached hydrogen (secondary N) is 1. The second-order valence-electron chi connectivity index (χ2n) is 3.27. The van der Waals surface area contributed by atoms with Crippen LogP contribution in [-0.4, -0.2) is 11.2 Å². The molecule has 0 amide bonds. The Morgan fingerprint density at radius 2 is 2.23 bits per heavy atom. The zero-order valence-electron chi connectivity index (χ0n) is 8.46. The maximum atomic E-state index is 4.25. The highest BCUT2D eigenvalue weighted by Gasteiger charge is 2.06. The first-order chi connectivity index (χ1) is 6.19. The van der Waals surface area contributed by atoms with Gasteiger partial charge in [-0.05, 0) is 25.0 Å². The number of aromatic nitrogens is 1. The summed E-state index contributed by atoms with van der Waals surface area (Å²) in [5.74, 6) is 0.500. The van der Waals surface area contributed by atoms with Crippen molar-refractivity contribution in [3.05, 3.63) is 24.0 Å². The Bertz CT molecular complexity index is 319. The molecule has 2 heteroatoms. The molecule has 0 bridgehead atoms. The lowest BCUT2D eigenvalue weighted by Gasteiger charge is -1.97. The fourth-order valence-electron chi connectivity index (χ4n) is 1.19. The van der Waals surface area contributed by atoms with Crippen LogP contribution in [0.2, 0.25) is 0 Å². The first-order valence-corrected chi connectivity index (χ1v) is 4.53. The minimum atomic E-state index is 0.500. The van der Waals surface area contributed by atoms with E-state index in [1.807, 2.05) is 6.92 Å². The van der Waals surface area contributed by atoms with Crippen LogP contribution in [0.5, 0.6) is 0 Å². The van der Waals surface area contributed by atoms with E-state index in [1.165, 1.54) is 5.69 Å². The van der Waals surface area contributed by atoms with Gasteiger partial charge in [0.25, 0.3) is 0 Å². The third-order valence-corrected chi connectivity index (χ3v) is 1.94. The van der Waals surface area contributed by atoms with Gasteiger partial charge in [0.15, 0.2) is 0 Å². The van der Waals surface area contributed by atoms with Crippen LogP contribution in [0, 0.1) is 0 Å². The Hall–Kier alpha value is -1.31. The van der Waals surface area contributed by atoms with Crippen molar-refractivity contribution >= 4 is 18.0 Å². The highest BCUT2D eigenvalue weighted by Crippen LogP contribution is 2.25. The normalized spacial score (nSPS) is 11.4. The first kappa shape index (κ1) is 9.78. The molecule has 0 saturated heterocycles. The molecule has 1 rings (SSSR count). The number of aliphatic imine (C=N–C) groups is 1. The van der Waals surface area contributed by atoms with Crippen molar-refractivity contribution in [2.75, 3.05) is 0 Å². The van der Waals surface area contributed by atoms with Gasteiger partial charge >= 0.3 is 0 Å². The van der Waals surface area contributed by atoms with E-state index in [1.54, 1.807) is 12.3 Å². The summed E-state index contributed by atoms with van der Waals surface area (Å²) < 4.78 is 0. The summed E-state index contributed by atoms with van der Waals surface area (Å²) in [4.78, 5) is 7.54. The summed E-state index contributed by atoms with van der Waals surface area (Å²) in [6, 6.07) is 2.07. The summed E-state index contributed by atoms with van der Waals surface area (Å²) in [6.07, 6.45) is 3.59. The quantitative estimate of drug-likeness (QED) is 0.683. The molecule has 0 radical (unpaired) electrons. The van der Waals surface area contributed by atoms with Crippen molar-refractivity contribution in [1.29, 1.82) is 0 Å². The topological polar surface area (TPSA) is 28.1 Å². The lowest BCUT2D eigenvalue weighted by molar-refractivity contribution is 0.832. The molecule has 2 nitrogen and oxygen atoms in total. The molecule has 0 aliphatic rings. The number of nitrogens with zero attached hydrogens (tertiary/aromatic N) is 1. The number of hydrogen-bond donors (Lipinski definition) is 1. The molecule has 0 saturated carbocycles. The first-order valence-electron chi connectivity index (χ1n) is 4.53. The third kappa shape index (κ3) is 2.08. The third-order valence-electron chi connectivity index (χ3n) is 1.94. The molecule has 13 heavy (non-hydrogen) atoms. The van der Waals surface area contributed by atoms with Crippen LogP contribution in [0.25, 0.3) is 6.08 Å². The molecule has 0 aliphatic carbocycles. The fraction of sp³-hybridized carbons (Fsp3) is 0.364. The standard InChI is InChI=1S/C11H16N2/c1-5-9-11(12-6-2)7-10(13-9)8(3)4/h5-8,13H,1H2,2-4H3. The summed E-state index contributed by atoms with van der Waals surface area (Å²) in [5.41, 5.74) is 3.18. The van der Waals surface area contributed by atoms with Gasteiger partial charge in [-0.25, -0.2) is 0 Å². The predicted octanol–water partition coefficient (Wildman–Crippen LogP) is 3.50. The molecule has 0 spiro atoms. The number of aromatic amines is 1. The van der Waals surface area contributed by atoms with Crippen LogP contribution < -0.4 is 0 Å². The second-order valence-corrected chi connectivity index (χ2v) is 3.27. The Morgan fingerprint density at radius 1 is 1.54 bits per heavy atom. The lowest BCUT2D eigenvalue weighted by Crippen LogP contribution is -1.85. The largest absolute Gasteiger partial charge is 0.357 e. The Kier molecular flexibility index (Phi) is 3.07. The van der Waals surface area contributed by atoms with E-state index in [0.717, 1.165) is 11.4 Å². The van der Waals surface area contributed by atoms with Crippen LogP contribution in [0.3, 0.4) is 0 Å². The summed E-state index contributed by atoms with van der Waals surface area (Å²) in [7, 11) is 0. The Morgan fingerprint density at radius 3 is 2.69 bits per heavy atom. The van der Waals surface area contributed by atoms with Crippen molar-refractivity contribution in [2.24, 2.45) is 4.99 Å². The molecular weight excluding hydrogens is 160 g/mol. The maximum absolute atomic E-state index is 4.25. The average molecular weight is 176 g/mol. The van der Waals surface area contributed by atoms with Gasteiger partial charge in [-0.1, -0.05) is 20.4 Å². The molecule has 0 fully saturated rings. The monoisotopic (exact) mass is 176 g/mol. The number of rotatable bonds is 3. The van der Waals surface area contributed by atoms with Gasteiger partial charge in [-0.15, -0.1) is 0 Å². The van der Waals surface area contributed by atoms with Crippen LogP contribution >= 0.6 is 0 Å². The molecule has 0 aliphatic heterocycles. The smallest absolute Gasteiger partial charge is 0.0877 e. The van der Waals surface area contributed by atoms with E-state index in [-0.39, 0.29) is 0 Å². The van der Waals surface area contributed by atoms with Gasteiger partial charge in [0.05, 0.1) is 11.4 Å². The van der Waals surface area contributed by atoms with Gasteiger partial charge in [0.2, 0.25) is 0 Å². The molecule has 70 valence electrons. The molecule has 1 aromatic heterocycles. The molecule has 0 unspecified atom stereocenters. The van der Waals surface area contributed by atoms with Crippen LogP contribution in [0.1, 0.15) is 38.1 Å². The van der Waals surface area contributed by atoms with E-state index < -0.39 is 0 Å². The van der Waals surface area contributed by atoms with E-state index in [2.05, 4.69) is 36.5 Å². The molecular formula is C11H16N2. The van der Waals surface area contributed by atoms with Crippen LogP contribution in [-0.2, 0) is 0 Å². The van der Waals surface area contributed by atoms with Gasteiger partial charge in [0.1, 0.15) is 0 Å². The minimum Gasteiger partial charge on any atom is -0.357 e. The van der Waals surface area contributed by atoms with Crippen LogP contribution in [0.4, 0.5) is 5.69 Å². The average Bonchev–Trinajstić information content (AvgIpc) is 2.48. The van der Waals surface area contributed by atoms with Crippen molar-refractivity contribution in [2.45, 2.75) is 26.7 Å². The maximum Gasteiger partial charge on any atom is 0.0877 e. The highest BCUT2D eigenvalue weighted by molar-refractivity contribution is 5.68. The molecule has 1 N–H and O–H groups in total. The number of hydrogen-bond acceptors (Lipinski definition) is 1. The minimum absolute atomic E-state index is 0.500.